The molecule has 5 nitrogen and oxygen atoms in total. The first-order valence-corrected chi connectivity index (χ1v) is 6.51. The van der Waals surface area contributed by atoms with E-state index in [0.717, 1.165) is 12.8 Å². The Labute approximate surface area is 84.7 Å². The third-order valence-electron chi connectivity index (χ3n) is 2.62. The van der Waals surface area contributed by atoms with Gasteiger partial charge in [-0.05, 0) is 12.8 Å². The van der Waals surface area contributed by atoms with Gasteiger partial charge in [0.05, 0.1) is 17.9 Å². The first-order chi connectivity index (χ1) is 6.54. The highest BCUT2D eigenvalue weighted by molar-refractivity contribution is 7.89. The molecule has 0 amide bonds. The normalized spacial score (nSPS) is 21.3. The number of aliphatic hydroxyl groups is 1. The first kappa shape index (κ1) is 11.9. The van der Waals surface area contributed by atoms with Crippen molar-refractivity contribution in [2.75, 3.05) is 18.9 Å². The van der Waals surface area contributed by atoms with E-state index in [-0.39, 0.29) is 18.9 Å². The molecular formula is C8H18N2O3S. The van der Waals surface area contributed by atoms with E-state index in [1.54, 1.807) is 0 Å². The Kier molecular flexibility index (Phi) is 3.88. The monoisotopic (exact) mass is 222 g/mol. The summed E-state index contributed by atoms with van der Waals surface area (Å²) in [6, 6.07) is 0. The van der Waals surface area contributed by atoms with Gasteiger partial charge in [0.1, 0.15) is 0 Å². The highest BCUT2D eigenvalue weighted by Crippen LogP contribution is 2.29. The van der Waals surface area contributed by atoms with Crippen molar-refractivity contribution < 1.29 is 13.5 Å². The van der Waals surface area contributed by atoms with E-state index in [1.165, 1.54) is 0 Å². The Morgan fingerprint density at radius 3 is 2.36 bits per heavy atom. The quantitative estimate of drug-likeness (QED) is 0.566. The zero-order valence-corrected chi connectivity index (χ0v) is 9.02. The number of hydrogen-bond donors (Lipinski definition) is 3. The lowest BCUT2D eigenvalue weighted by molar-refractivity contribution is 0.185. The molecule has 84 valence electrons. The van der Waals surface area contributed by atoms with Crippen molar-refractivity contribution in [1.82, 2.24) is 4.72 Å². The predicted molar refractivity (Wildman–Crippen MR) is 54.3 cm³/mol. The summed E-state index contributed by atoms with van der Waals surface area (Å²) in [4.78, 5) is 0. The fourth-order valence-electron chi connectivity index (χ4n) is 1.88. The molecule has 0 aromatic rings. The highest BCUT2D eigenvalue weighted by atomic mass is 32.2. The topological polar surface area (TPSA) is 92.4 Å². The summed E-state index contributed by atoms with van der Waals surface area (Å²) in [5, 5.41) is 9.19. The second kappa shape index (κ2) is 4.57. The van der Waals surface area contributed by atoms with E-state index in [9.17, 15) is 13.5 Å². The molecule has 0 aromatic heterocycles. The maximum absolute atomic E-state index is 11.4. The number of hydrogen-bond acceptors (Lipinski definition) is 4. The molecule has 0 radical (unpaired) electrons. The molecule has 0 atom stereocenters. The van der Waals surface area contributed by atoms with Crippen LogP contribution < -0.4 is 10.5 Å². The molecule has 0 spiro atoms. The molecule has 1 aliphatic carbocycles. The Balaban J connectivity index is 2.64. The highest BCUT2D eigenvalue weighted by Gasteiger charge is 2.36. The summed E-state index contributed by atoms with van der Waals surface area (Å²) in [6.45, 7) is -0.0202. The SMILES string of the molecule is NCCS(=O)(=O)NC1(CO)CCCC1. The summed E-state index contributed by atoms with van der Waals surface area (Å²) in [5.41, 5.74) is 4.57. The van der Waals surface area contributed by atoms with E-state index >= 15 is 0 Å². The maximum Gasteiger partial charge on any atom is 0.213 e. The van der Waals surface area contributed by atoms with Gasteiger partial charge in [0, 0.05) is 6.54 Å². The van der Waals surface area contributed by atoms with Crippen molar-refractivity contribution in [2.45, 2.75) is 31.2 Å². The van der Waals surface area contributed by atoms with Crippen molar-refractivity contribution in [3.05, 3.63) is 0 Å². The van der Waals surface area contributed by atoms with Crippen LogP contribution in [0.2, 0.25) is 0 Å². The number of nitrogens with one attached hydrogen (secondary N) is 1. The smallest absolute Gasteiger partial charge is 0.213 e. The van der Waals surface area contributed by atoms with E-state index < -0.39 is 15.6 Å². The van der Waals surface area contributed by atoms with Gasteiger partial charge in [-0.15, -0.1) is 0 Å². The first-order valence-electron chi connectivity index (χ1n) is 4.86. The van der Waals surface area contributed by atoms with Gasteiger partial charge >= 0.3 is 0 Å². The van der Waals surface area contributed by atoms with Crippen molar-refractivity contribution >= 4 is 10.0 Å². The molecule has 0 bridgehead atoms. The van der Waals surface area contributed by atoms with Gasteiger partial charge in [-0.1, -0.05) is 12.8 Å². The van der Waals surface area contributed by atoms with Gasteiger partial charge in [0.15, 0.2) is 0 Å². The molecule has 1 rings (SSSR count). The second-order valence-electron chi connectivity index (χ2n) is 3.86. The molecule has 0 heterocycles. The summed E-state index contributed by atoms with van der Waals surface area (Å²) < 4.78 is 25.5. The van der Waals surface area contributed by atoms with Crippen molar-refractivity contribution in [3.63, 3.8) is 0 Å². The molecule has 1 aliphatic rings. The molecule has 4 N–H and O–H groups in total. The molecule has 0 aliphatic heterocycles. The van der Waals surface area contributed by atoms with Gasteiger partial charge < -0.3 is 10.8 Å². The number of aliphatic hydroxyl groups excluding tert-OH is 1. The van der Waals surface area contributed by atoms with Gasteiger partial charge in [-0.25, -0.2) is 13.1 Å². The van der Waals surface area contributed by atoms with Crippen molar-refractivity contribution in [3.8, 4) is 0 Å². The Bertz CT molecular complexity index is 270. The minimum absolute atomic E-state index is 0.0747. The third-order valence-corrected chi connectivity index (χ3v) is 4.14. The third kappa shape index (κ3) is 2.91. The van der Waals surface area contributed by atoms with Crippen LogP contribution in [0, 0.1) is 0 Å². The molecule has 1 fully saturated rings. The number of nitrogens with two attached hydrogens (primary N) is 1. The van der Waals surface area contributed by atoms with E-state index in [2.05, 4.69) is 4.72 Å². The van der Waals surface area contributed by atoms with Crippen LogP contribution in [0.25, 0.3) is 0 Å². The summed E-state index contributed by atoms with van der Waals surface area (Å²) in [5.74, 6) is -0.0747. The van der Waals surface area contributed by atoms with E-state index in [1.807, 2.05) is 0 Å². The molecule has 14 heavy (non-hydrogen) atoms. The summed E-state index contributed by atoms with van der Waals surface area (Å²) in [6.07, 6.45) is 3.36. The average Bonchev–Trinajstić information content (AvgIpc) is 2.53. The van der Waals surface area contributed by atoms with Crippen LogP contribution in [-0.2, 0) is 10.0 Å². The summed E-state index contributed by atoms with van der Waals surface area (Å²) >= 11 is 0. The van der Waals surface area contributed by atoms with E-state index in [0.29, 0.717) is 12.8 Å². The van der Waals surface area contributed by atoms with Crippen LogP contribution in [0.15, 0.2) is 0 Å². The largest absolute Gasteiger partial charge is 0.394 e. The molecule has 0 saturated heterocycles. The lowest BCUT2D eigenvalue weighted by Gasteiger charge is -2.27. The lowest BCUT2D eigenvalue weighted by atomic mass is 10.0. The number of sulfonamides is 1. The minimum Gasteiger partial charge on any atom is -0.394 e. The van der Waals surface area contributed by atoms with Crippen LogP contribution in [0.4, 0.5) is 0 Å². The Morgan fingerprint density at radius 1 is 1.36 bits per heavy atom. The standard InChI is InChI=1S/C8H18N2O3S/c9-5-6-14(12,13)10-8(7-11)3-1-2-4-8/h10-11H,1-7,9H2. The van der Waals surface area contributed by atoms with Crippen LogP contribution in [0.1, 0.15) is 25.7 Å². The molecular weight excluding hydrogens is 204 g/mol. The van der Waals surface area contributed by atoms with Crippen LogP contribution in [0.3, 0.4) is 0 Å². The minimum atomic E-state index is -3.32. The fourth-order valence-corrected chi connectivity index (χ4v) is 3.22. The molecule has 6 heteroatoms. The number of rotatable bonds is 5. The molecule has 1 saturated carbocycles. The van der Waals surface area contributed by atoms with Crippen LogP contribution in [-0.4, -0.2) is 38.0 Å². The van der Waals surface area contributed by atoms with Gasteiger partial charge in [0.2, 0.25) is 10.0 Å². The summed E-state index contributed by atoms with van der Waals surface area (Å²) in [7, 11) is -3.32. The fraction of sp³-hybridized carbons (Fsp3) is 1.00. The van der Waals surface area contributed by atoms with Crippen LogP contribution in [0.5, 0.6) is 0 Å². The molecule has 0 unspecified atom stereocenters. The second-order valence-corrected chi connectivity index (χ2v) is 5.70. The van der Waals surface area contributed by atoms with E-state index in [4.69, 9.17) is 5.73 Å². The van der Waals surface area contributed by atoms with Gasteiger partial charge in [-0.3, -0.25) is 0 Å². The zero-order valence-electron chi connectivity index (χ0n) is 8.20. The van der Waals surface area contributed by atoms with Crippen molar-refractivity contribution in [1.29, 1.82) is 0 Å². The molecule has 0 aromatic carbocycles. The maximum atomic E-state index is 11.4. The Morgan fingerprint density at radius 2 is 1.93 bits per heavy atom. The van der Waals surface area contributed by atoms with Gasteiger partial charge in [0.25, 0.3) is 0 Å². The van der Waals surface area contributed by atoms with Crippen molar-refractivity contribution in [2.24, 2.45) is 5.73 Å². The average molecular weight is 222 g/mol. The zero-order chi connectivity index (χ0) is 10.7. The predicted octanol–water partition coefficient (Wildman–Crippen LogP) is -0.830. The lowest BCUT2D eigenvalue weighted by Crippen LogP contribution is -2.50. The Hall–Kier alpha value is -0.170. The van der Waals surface area contributed by atoms with Gasteiger partial charge in [-0.2, -0.15) is 0 Å². The van der Waals surface area contributed by atoms with Crippen LogP contribution >= 0.6 is 0 Å².